The minimum Gasteiger partial charge on any atom is -0.489 e. The number of nitrogens with one attached hydrogen (secondary N) is 1. The van der Waals surface area contributed by atoms with Gasteiger partial charge in [-0.3, -0.25) is 0 Å². The van der Waals surface area contributed by atoms with Gasteiger partial charge in [-0.15, -0.1) is 12.4 Å². The monoisotopic (exact) mass is 257 g/mol. The molecule has 0 bridgehead atoms. The molecule has 1 unspecified atom stereocenters. The molecule has 94 valence electrons. The van der Waals surface area contributed by atoms with Gasteiger partial charge in [-0.1, -0.05) is 6.07 Å². The zero-order valence-corrected chi connectivity index (χ0v) is 10.5. The first-order chi connectivity index (χ1) is 7.79. The maximum Gasteiger partial charge on any atom is 0.337 e. The third kappa shape index (κ3) is 3.61. The molecule has 0 radical (unpaired) electrons. The van der Waals surface area contributed by atoms with E-state index >= 15 is 0 Å². The van der Waals surface area contributed by atoms with Crippen LogP contribution in [-0.2, 0) is 4.74 Å². The molecular formula is C12H16ClNO3. The topological polar surface area (TPSA) is 47.6 Å². The van der Waals surface area contributed by atoms with Crippen LogP contribution in [-0.4, -0.2) is 32.3 Å². The Bertz CT molecular complexity index is 378. The van der Waals surface area contributed by atoms with Crippen molar-refractivity contribution in [2.24, 2.45) is 0 Å². The summed E-state index contributed by atoms with van der Waals surface area (Å²) in [5, 5.41) is 3.22. The molecule has 1 aliphatic heterocycles. The van der Waals surface area contributed by atoms with E-state index in [4.69, 9.17) is 4.74 Å². The minimum atomic E-state index is -0.338. The smallest absolute Gasteiger partial charge is 0.337 e. The van der Waals surface area contributed by atoms with E-state index in [0.29, 0.717) is 5.56 Å². The van der Waals surface area contributed by atoms with Gasteiger partial charge in [-0.05, 0) is 31.2 Å². The molecular weight excluding hydrogens is 242 g/mol. The van der Waals surface area contributed by atoms with Crippen LogP contribution in [0.3, 0.4) is 0 Å². The summed E-state index contributed by atoms with van der Waals surface area (Å²) < 4.78 is 10.4. The molecule has 0 amide bonds. The normalized spacial score (nSPS) is 18.3. The number of ether oxygens (including phenoxy) is 2. The van der Waals surface area contributed by atoms with Gasteiger partial charge in [-0.25, -0.2) is 4.79 Å². The van der Waals surface area contributed by atoms with Crippen LogP contribution in [0.2, 0.25) is 0 Å². The average molecular weight is 258 g/mol. The number of benzene rings is 1. The zero-order valence-electron chi connectivity index (χ0n) is 9.64. The Kier molecular flexibility index (Phi) is 5.25. The van der Waals surface area contributed by atoms with E-state index in [9.17, 15) is 4.79 Å². The maximum atomic E-state index is 11.3. The second-order valence-corrected chi connectivity index (χ2v) is 3.75. The molecule has 17 heavy (non-hydrogen) atoms. The minimum absolute atomic E-state index is 0. The van der Waals surface area contributed by atoms with Crippen LogP contribution in [0.5, 0.6) is 5.75 Å². The van der Waals surface area contributed by atoms with E-state index < -0.39 is 0 Å². The molecule has 0 spiro atoms. The van der Waals surface area contributed by atoms with E-state index in [0.717, 1.165) is 25.3 Å². The highest BCUT2D eigenvalue weighted by molar-refractivity contribution is 5.89. The Morgan fingerprint density at radius 1 is 1.47 bits per heavy atom. The molecule has 1 saturated heterocycles. The summed E-state index contributed by atoms with van der Waals surface area (Å²) in [5.41, 5.74) is 0.519. The Morgan fingerprint density at radius 3 is 2.94 bits per heavy atom. The van der Waals surface area contributed by atoms with Crippen molar-refractivity contribution in [2.75, 3.05) is 20.2 Å². The van der Waals surface area contributed by atoms with E-state index in [1.807, 2.05) is 6.07 Å². The third-order valence-electron chi connectivity index (χ3n) is 2.57. The molecule has 1 fully saturated rings. The highest BCUT2D eigenvalue weighted by atomic mass is 35.5. The number of carbonyl (C=O) groups is 1. The first kappa shape index (κ1) is 13.8. The summed E-state index contributed by atoms with van der Waals surface area (Å²) in [5.74, 6) is 0.381. The summed E-state index contributed by atoms with van der Waals surface area (Å²) in [4.78, 5) is 11.3. The molecule has 1 heterocycles. The molecule has 1 atom stereocenters. The lowest BCUT2D eigenvalue weighted by molar-refractivity contribution is 0.0600. The number of rotatable bonds is 3. The van der Waals surface area contributed by atoms with Crippen molar-refractivity contribution in [1.29, 1.82) is 0 Å². The van der Waals surface area contributed by atoms with Crippen molar-refractivity contribution in [3.63, 3.8) is 0 Å². The van der Waals surface area contributed by atoms with Gasteiger partial charge in [0.2, 0.25) is 0 Å². The third-order valence-corrected chi connectivity index (χ3v) is 2.57. The fourth-order valence-corrected chi connectivity index (χ4v) is 1.74. The highest BCUT2D eigenvalue weighted by Crippen LogP contribution is 2.17. The first-order valence-electron chi connectivity index (χ1n) is 5.35. The molecule has 0 aromatic heterocycles. The number of carbonyl (C=O) groups excluding carboxylic acids is 1. The van der Waals surface area contributed by atoms with E-state index in [-0.39, 0.29) is 24.5 Å². The summed E-state index contributed by atoms with van der Waals surface area (Å²) >= 11 is 0. The van der Waals surface area contributed by atoms with Crippen LogP contribution in [0.4, 0.5) is 0 Å². The summed E-state index contributed by atoms with van der Waals surface area (Å²) in [6.07, 6.45) is 1.20. The number of hydrogen-bond acceptors (Lipinski definition) is 4. The fourth-order valence-electron chi connectivity index (χ4n) is 1.74. The molecule has 4 nitrogen and oxygen atoms in total. The average Bonchev–Trinajstić information content (AvgIpc) is 2.81. The quantitative estimate of drug-likeness (QED) is 0.837. The van der Waals surface area contributed by atoms with Crippen molar-refractivity contribution >= 4 is 18.4 Å². The lowest BCUT2D eigenvalue weighted by Gasteiger charge is -2.12. The first-order valence-corrected chi connectivity index (χ1v) is 5.35. The second-order valence-electron chi connectivity index (χ2n) is 3.75. The van der Waals surface area contributed by atoms with Crippen molar-refractivity contribution in [1.82, 2.24) is 5.32 Å². The van der Waals surface area contributed by atoms with Crippen LogP contribution >= 0.6 is 12.4 Å². The molecule has 0 aliphatic carbocycles. The van der Waals surface area contributed by atoms with E-state index in [1.165, 1.54) is 7.11 Å². The maximum absolute atomic E-state index is 11.3. The predicted octanol–water partition coefficient (Wildman–Crippen LogP) is 1.64. The Balaban J connectivity index is 0.00000144. The fraction of sp³-hybridized carbons (Fsp3) is 0.417. The van der Waals surface area contributed by atoms with Gasteiger partial charge in [0, 0.05) is 6.54 Å². The van der Waals surface area contributed by atoms with E-state index in [1.54, 1.807) is 18.2 Å². The molecule has 1 aliphatic rings. The number of halogens is 1. The number of methoxy groups -OCH3 is 1. The zero-order chi connectivity index (χ0) is 11.4. The van der Waals surface area contributed by atoms with Crippen LogP contribution in [0.15, 0.2) is 24.3 Å². The van der Waals surface area contributed by atoms with Crippen molar-refractivity contribution in [3.8, 4) is 5.75 Å². The van der Waals surface area contributed by atoms with Gasteiger partial charge in [0.05, 0.1) is 12.7 Å². The molecule has 1 aromatic rings. The van der Waals surface area contributed by atoms with Crippen LogP contribution in [0.1, 0.15) is 16.8 Å². The number of hydrogen-bond donors (Lipinski definition) is 1. The van der Waals surface area contributed by atoms with E-state index in [2.05, 4.69) is 10.1 Å². The lowest BCUT2D eigenvalue weighted by atomic mass is 10.2. The predicted molar refractivity (Wildman–Crippen MR) is 66.9 cm³/mol. The van der Waals surface area contributed by atoms with Gasteiger partial charge in [-0.2, -0.15) is 0 Å². The molecule has 0 saturated carbocycles. The van der Waals surface area contributed by atoms with Crippen molar-refractivity contribution in [2.45, 2.75) is 12.5 Å². The molecule has 1 aromatic carbocycles. The molecule has 1 N–H and O–H groups in total. The lowest BCUT2D eigenvalue weighted by Crippen LogP contribution is -2.19. The summed E-state index contributed by atoms with van der Waals surface area (Å²) in [6.45, 7) is 1.85. The largest absolute Gasteiger partial charge is 0.489 e. The summed E-state index contributed by atoms with van der Waals surface area (Å²) in [6, 6.07) is 7.07. The standard InChI is InChI=1S/C12H15NO3.ClH/c1-15-12(14)9-3-2-4-10(7-9)16-11-5-6-13-8-11;/h2-4,7,11,13H,5-6,8H2,1H3;1H. The SMILES string of the molecule is COC(=O)c1cccc(OC2CCNC2)c1.Cl. The van der Waals surface area contributed by atoms with Gasteiger partial charge in [0.1, 0.15) is 11.9 Å². The number of esters is 1. The van der Waals surface area contributed by atoms with Crippen LogP contribution < -0.4 is 10.1 Å². The van der Waals surface area contributed by atoms with Crippen LogP contribution in [0.25, 0.3) is 0 Å². The Labute approximate surface area is 107 Å². The van der Waals surface area contributed by atoms with Gasteiger partial charge >= 0.3 is 5.97 Å². The van der Waals surface area contributed by atoms with Gasteiger partial charge in [0.25, 0.3) is 0 Å². The Morgan fingerprint density at radius 2 is 2.29 bits per heavy atom. The Hall–Kier alpha value is -1.26. The van der Waals surface area contributed by atoms with Gasteiger partial charge < -0.3 is 14.8 Å². The van der Waals surface area contributed by atoms with Gasteiger partial charge in [0.15, 0.2) is 0 Å². The molecule has 2 rings (SSSR count). The molecule has 5 heteroatoms. The summed E-state index contributed by atoms with van der Waals surface area (Å²) in [7, 11) is 1.37. The van der Waals surface area contributed by atoms with Crippen LogP contribution in [0, 0.1) is 0 Å². The van der Waals surface area contributed by atoms with Crippen molar-refractivity contribution < 1.29 is 14.3 Å². The second kappa shape index (κ2) is 6.47. The van der Waals surface area contributed by atoms with Crippen molar-refractivity contribution in [3.05, 3.63) is 29.8 Å². The highest BCUT2D eigenvalue weighted by Gasteiger charge is 2.16.